The summed E-state index contributed by atoms with van der Waals surface area (Å²) in [6.45, 7) is 0. The lowest BCUT2D eigenvalue weighted by Gasteiger charge is -2.29. The van der Waals surface area contributed by atoms with E-state index in [0.29, 0.717) is 12.0 Å². The van der Waals surface area contributed by atoms with E-state index >= 15 is 0 Å². The van der Waals surface area contributed by atoms with Gasteiger partial charge in [-0.1, -0.05) is 49.8 Å². The van der Waals surface area contributed by atoms with Gasteiger partial charge in [0.1, 0.15) is 5.75 Å². The van der Waals surface area contributed by atoms with Crippen molar-refractivity contribution in [1.82, 2.24) is 5.32 Å². The molecule has 0 heterocycles. The Morgan fingerprint density at radius 3 is 2.35 bits per heavy atom. The monoisotopic (exact) mass is 295 g/mol. The van der Waals surface area contributed by atoms with Crippen molar-refractivity contribution in [2.75, 3.05) is 14.2 Å². The van der Waals surface area contributed by atoms with Gasteiger partial charge in [0.2, 0.25) is 0 Å². The van der Waals surface area contributed by atoms with Crippen LogP contribution in [0.3, 0.4) is 0 Å². The van der Waals surface area contributed by atoms with Crippen molar-refractivity contribution in [2.45, 2.75) is 51.0 Å². The second-order valence-electron chi connectivity index (χ2n) is 5.76. The van der Waals surface area contributed by atoms with Crippen molar-refractivity contribution in [2.24, 2.45) is 5.92 Å². The minimum absolute atomic E-state index is 0.353. The number of rotatable bonds is 4. The molecule has 2 nitrogen and oxygen atoms in total. The van der Waals surface area contributed by atoms with Gasteiger partial charge in [-0.3, -0.25) is 0 Å². The Morgan fingerprint density at radius 2 is 1.80 bits per heavy atom. The van der Waals surface area contributed by atoms with E-state index in [1.54, 1.807) is 7.11 Å². The van der Waals surface area contributed by atoms with Crippen LogP contribution in [0, 0.1) is 5.92 Å². The van der Waals surface area contributed by atoms with E-state index in [0.717, 1.165) is 10.8 Å². The van der Waals surface area contributed by atoms with Crippen molar-refractivity contribution >= 4 is 11.6 Å². The first-order chi connectivity index (χ1) is 9.76. The predicted molar refractivity (Wildman–Crippen MR) is 85.6 cm³/mol. The van der Waals surface area contributed by atoms with Crippen LogP contribution in [-0.4, -0.2) is 14.2 Å². The van der Waals surface area contributed by atoms with Gasteiger partial charge in [-0.25, -0.2) is 0 Å². The fraction of sp³-hybridized carbons (Fsp3) is 0.647. The molecule has 1 saturated carbocycles. The van der Waals surface area contributed by atoms with Crippen LogP contribution in [0.15, 0.2) is 18.2 Å². The van der Waals surface area contributed by atoms with Crippen molar-refractivity contribution in [3.63, 3.8) is 0 Å². The molecular formula is C17H26ClNO. The molecule has 3 heteroatoms. The molecule has 1 aromatic rings. The predicted octanol–water partition coefficient (Wildman–Crippen LogP) is 4.97. The molecule has 1 unspecified atom stereocenters. The summed E-state index contributed by atoms with van der Waals surface area (Å²) in [4.78, 5) is 0. The zero-order chi connectivity index (χ0) is 14.4. The van der Waals surface area contributed by atoms with Crippen molar-refractivity contribution in [3.05, 3.63) is 28.8 Å². The largest absolute Gasteiger partial charge is 0.497 e. The van der Waals surface area contributed by atoms with E-state index in [2.05, 4.69) is 11.4 Å². The van der Waals surface area contributed by atoms with E-state index in [1.165, 1.54) is 50.5 Å². The summed E-state index contributed by atoms with van der Waals surface area (Å²) in [5.74, 6) is 1.51. The lowest BCUT2D eigenvalue weighted by atomic mass is 9.83. The highest BCUT2D eigenvalue weighted by Gasteiger charge is 2.24. The van der Waals surface area contributed by atoms with Crippen LogP contribution >= 0.6 is 11.6 Å². The van der Waals surface area contributed by atoms with Crippen molar-refractivity contribution in [1.29, 1.82) is 0 Å². The number of nitrogens with one attached hydrogen (secondary N) is 1. The Bertz CT molecular complexity index is 413. The van der Waals surface area contributed by atoms with Crippen LogP contribution in [0.25, 0.3) is 0 Å². The molecule has 1 fully saturated rings. The second kappa shape index (κ2) is 7.90. The summed E-state index contributed by atoms with van der Waals surface area (Å²) in [7, 11) is 3.72. The highest BCUT2D eigenvalue weighted by atomic mass is 35.5. The fourth-order valence-electron chi connectivity index (χ4n) is 3.35. The highest BCUT2D eigenvalue weighted by molar-refractivity contribution is 6.31. The number of ether oxygens (including phenoxy) is 1. The molecule has 1 aliphatic carbocycles. The normalized spacial score (nSPS) is 19.1. The SMILES string of the molecule is CNC(c1ccc(OC)cc1Cl)C1CCCCCCC1. The Morgan fingerprint density at radius 1 is 1.15 bits per heavy atom. The van der Waals surface area contributed by atoms with Gasteiger partial charge in [0.15, 0.2) is 0 Å². The molecule has 0 spiro atoms. The fourth-order valence-corrected chi connectivity index (χ4v) is 3.64. The summed E-state index contributed by atoms with van der Waals surface area (Å²) in [5.41, 5.74) is 1.21. The van der Waals surface area contributed by atoms with E-state index in [9.17, 15) is 0 Å². The van der Waals surface area contributed by atoms with Crippen LogP contribution in [0.4, 0.5) is 0 Å². The molecule has 0 aliphatic heterocycles. The lowest BCUT2D eigenvalue weighted by molar-refractivity contribution is 0.299. The van der Waals surface area contributed by atoms with Crippen molar-refractivity contribution < 1.29 is 4.74 Å². The summed E-state index contributed by atoms with van der Waals surface area (Å²) >= 11 is 6.45. The third-order valence-corrected chi connectivity index (χ3v) is 4.80. The number of benzene rings is 1. The van der Waals surface area contributed by atoms with Gasteiger partial charge in [-0.2, -0.15) is 0 Å². The summed E-state index contributed by atoms with van der Waals surface area (Å²) in [6.07, 6.45) is 9.45. The first-order valence-corrected chi connectivity index (χ1v) is 8.14. The van der Waals surface area contributed by atoms with Crippen LogP contribution < -0.4 is 10.1 Å². The smallest absolute Gasteiger partial charge is 0.120 e. The minimum Gasteiger partial charge on any atom is -0.497 e. The highest BCUT2D eigenvalue weighted by Crippen LogP contribution is 2.36. The maximum Gasteiger partial charge on any atom is 0.120 e. The molecule has 112 valence electrons. The van der Waals surface area contributed by atoms with Gasteiger partial charge in [0.05, 0.1) is 7.11 Å². The van der Waals surface area contributed by atoms with E-state index in [-0.39, 0.29) is 0 Å². The van der Waals surface area contributed by atoms with E-state index in [1.807, 2.05) is 19.2 Å². The van der Waals surface area contributed by atoms with Gasteiger partial charge < -0.3 is 10.1 Å². The number of hydrogen-bond donors (Lipinski definition) is 1. The maximum atomic E-state index is 6.45. The first kappa shape index (κ1) is 15.7. The Balaban J connectivity index is 2.17. The molecule has 0 aromatic heterocycles. The third kappa shape index (κ3) is 3.89. The van der Waals surface area contributed by atoms with Crippen LogP contribution in [0.1, 0.15) is 56.6 Å². The molecule has 20 heavy (non-hydrogen) atoms. The topological polar surface area (TPSA) is 21.3 Å². The summed E-state index contributed by atoms with van der Waals surface area (Å²) in [6, 6.07) is 6.39. The molecule has 0 saturated heterocycles. The van der Waals surface area contributed by atoms with Crippen LogP contribution in [-0.2, 0) is 0 Å². The maximum absolute atomic E-state index is 6.45. The summed E-state index contributed by atoms with van der Waals surface area (Å²) < 4.78 is 5.24. The number of hydrogen-bond acceptors (Lipinski definition) is 2. The zero-order valence-corrected chi connectivity index (χ0v) is 13.4. The Kier molecular flexibility index (Phi) is 6.18. The number of methoxy groups -OCH3 is 1. The van der Waals surface area contributed by atoms with Gasteiger partial charge in [0, 0.05) is 11.1 Å². The quantitative estimate of drug-likeness (QED) is 0.847. The molecule has 1 aliphatic rings. The molecule has 0 radical (unpaired) electrons. The zero-order valence-electron chi connectivity index (χ0n) is 12.6. The van der Waals surface area contributed by atoms with Gasteiger partial charge in [-0.05, 0) is 43.5 Å². The molecule has 1 aromatic carbocycles. The first-order valence-electron chi connectivity index (χ1n) is 7.77. The molecule has 0 amide bonds. The Hall–Kier alpha value is -0.730. The molecule has 1 N–H and O–H groups in total. The molecule has 0 bridgehead atoms. The number of halogens is 1. The average molecular weight is 296 g/mol. The standard InChI is InChI=1S/C17H26ClNO/c1-19-17(13-8-6-4-3-5-7-9-13)15-11-10-14(20-2)12-16(15)18/h10-13,17,19H,3-9H2,1-2H3. The lowest BCUT2D eigenvalue weighted by Crippen LogP contribution is -2.26. The van der Waals surface area contributed by atoms with Gasteiger partial charge in [-0.15, -0.1) is 0 Å². The minimum atomic E-state index is 0.353. The Labute approximate surface area is 127 Å². The average Bonchev–Trinajstić information content (AvgIpc) is 2.42. The molecule has 1 atom stereocenters. The molecule has 2 rings (SSSR count). The summed E-state index contributed by atoms with van der Waals surface area (Å²) in [5, 5.41) is 4.30. The van der Waals surface area contributed by atoms with Crippen LogP contribution in [0.5, 0.6) is 5.75 Å². The van der Waals surface area contributed by atoms with Crippen molar-refractivity contribution in [3.8, 4) is 5.75 Å². The second-order valence-corrected chi connectivity index (χ2v) is 6.17. The van der Waals surface area contributed by atoms with E-state index in [4.69, 9.17) is 16.3 Å². The van der Waals surface area contributed by atoms with E-state index < -0.39 is 0 Å². The molecular weight excluding hydrogens is 270 g/mol. The van der Waals surface area contributed by atoms with Crippen LogP contribution in [0.2, 0.25) is 5.02 Å². The van der Waals surface area contributed by atoms with Gasteiger partial charge >= 0.3 is 0 Å². The third-order valence-electron chi connectivity index (χ3n) is 4.47. The van der Waals surface area contributed by atoms with Gasteiger partial charge in [0.25, 0.3) is 0 Å².